The molecule has 0 spiro atoms. The van der Waals surface area contributed by atoms with E-state index in [1.165, 1.54) is 25.7 Å². The first-order chi connectivity index (χ1) is 6.81. The summed E-state index contributed by atoms with van der Waals surface area (Å²) in [5.41, 5.74) is 0. The molecule has 0 aliphatic heterocycles. The number of unbranched alkanes of at least 4 members (excludes halogenated alkanes) is 4. The molecule has 0 rings (SSSR count). The molecule has 0 aliphatic carbocycles. The maximum atomic E-state index is 11.2. The van der Waals surface area contributed by atoms with Gasteiger partial charge in [0.15, 0.2) is 0 Å². The average molecular weight is 196 g/mol. The molecule has 0 atom stereocenters. The number of carbonyl (C=O) groups is 1. The van der Waals surface area contributed by atoms with Gasteiger partial charge < -0.3 is 0 Å². The Labute approximate surface area is 88.6 Å². The van der Waals surface area contributed by atoms with Crippen LogP contribution in [0.3, 0.4) is 0 Å². The van der Waals surface area contributed by atoms with Crippen LogP contribution in [0.1, 0.15) is 65.2 Å². The third-order valence-corrected chi connectivity index (χ3v) is 2.34. The Morgan fingerprint density at radius 2 is 1.79 bits per heavy atom. The molecule has 14 heavy (non-hydrogen) atoms. The van der Waals surface area contributed by atoms with Crippen molar-refractivity contribution in [3.63, 3.8) is 0 Å². The van der Waals surface area contributed by atoms with Gasteiger partial charge >= 0.3 is 0 Å². The van der Waals surface area contributed by atoms with Crippen molar-refractivity contribution in [2.45, 2.75) is 65.2 Å². The first-order valence-electron chi connectivity index (χ1n) is 5.94. The average Bonchev–Trinajstić information content (AvgIpc) is 2.17. The highest BCUT2D eigenvalue weighted by molar-refractivity contribution is 5.78. The molecule has 0 N–H and O–H groups in total. The van der Waals surface area contributed by atoms with Crippen LogP contribution in [-0.4, -0.2) is 5.78 Å². The van der Waals surface area contributed by atoms with E-state index in [0.717, 1.165) is 25.7 Å². The van der Waals surface area contributed by atoms with Gasteiger partial charge in [-0.25, -0.2) is 0 Å². The number of hydrogen-bond acceptors (Lipinski definition) is 1. The van der Waals surface area contributed by atoms with Crippen LogP contribution in [0, 0.1) is 0 Å². The highest BCUT2D eigenvalue weighted by Gasteiger charge is 1.98. The first-order valence-corrected chi connectivity index (χ1v) is 5.94. The molecule has 0 amide bonds. The van der Waals surface area contributed by atoms with Crippen molar-refractivity contribution in [1.82, 2.24) is 0 Å². The standard InChI is InChI=1S/C13H24O/c1-3-5-6-7-8-9-10-12-13(14)11-4-2/h3,5H,4,6-12H2,1-2H3. The zero-order valence-electron chi connectivity index (χ0n) is 9.72. The highest BCUT2D eigenvalue weighted by Crippen LogP contribution is 2.07. The molecule has 0 fully saturated rings. The van der Waals surface area contributed by atoms with Gasteiger partial charge in [-0.15, -0.1) is 0 Å². The van der Waals surface area contributed by atoms with E-state index < -0.39 is 0 Å². The molecular formula is C13H24O. The van der Waals surface area contributed by atoms with Gasteiger partial charge in [-0.2, -0.15) is 0 Å². The molecule has 0 saturated carbocycles. The number of hydrogen-bond donors (Lipinski definition) is 0. The molecular weight excluding hydrogens is 172 g/mol. The molecule has 1 heteroatoms. The second-order valence-electron chi connectivity index (χ2n) is 3.81. The van der Waals surface area contributed by atoms with Gasteiger partial charge in [-0.05, 0) is 32.6 Å². The van der Waals surface area contributed by atoms with E-state index in [1.54, 1.807) is 0 Å². The lowest BCUT2D eigenvalue weighted by atomic mass is 10.1. The van der Waals surface area contributed by atoms with Crippen LogP contribution < -0.4 is 0 Å². The summed E-state index contributed by atoms with van der Waals surface area (Å²) >= 11 is 0. The van der Waals surface area contributed by atoms with Gasteiger partial charge in [-0.3, -0.25) is 4.79 Å². The van der Waals surface area contributed by atoms with E-state index >= 15 is 0 Å². The number of allylic oxidation sites excluding steroid dienone is 2. The second-order valence-corrected chi connectivity index (χ2v) is 3.81. The summed E-state index contributed by atoms with van der Waals surface area (Å²) in [4.78, 5) is 11.2. The molecule has 0 aromatic heterocycles. The van der Waals surface area contributed by atoms with Crippen LogP contribution in [0.25, 0.3) is 0 Å². The van der Waals surface area contributed by atoms with Crippen molar-refractivity contribution in [3.8, 4) is 0 Å². The van der Waals surface area contributed by atoms with Gasteiger partial charge in [0.1, 0.15) is 5.78 Å². The predicted octanol–water partition coefficient (Wildman–Crippen LogP) is 4.27. The fourth-order valence-corrected chi connectivity index (χ4v) is 1.51. The van der Waals surface area contributed by atoms with Crippen LogP contribution in [0.2, 0.25) is 0 Å². The number of carbonyl (C=O) groups excluding carboxylic acids is 1. The van der Waals surface area contributed by atoms with Crippen LogP contribution >= 0.6 is 0 Å². The molecule has 0 heterocycles. The van der Waals surface area contributed by atoms with Crippen molar-refractivity contribution in [2.24, 2.45) is 0 Å². The van der Waals surface area contributed by atoms with Gasteiger partial charge in [0.25, 0.3) is 0 Å². The lowest BCUT2D eigenvalue weighted by molar-refractivity contribution is -0.119. The normalized spacial score (nSPS) is 11.0. The Balaban J connectivity index is 3.09. The number of Topliss-reactive ketones (excluding diaryl/α,β-unsaturated/α-hetero) is 1. The van der Waals surface area contributed by atoms with E-state index in [0.29, 0.717) is 5.78 Å². The summed E-state index contributed by atoms with van der Waals surface area (Å²) in [6.07, 6.45) is 12.9. The molecule has 0 bridgehead atoms. The van der Waals surface area contributed by atoms with Crippen molar-refractivity contribution < 1.29 is 4.79 Å². The summed E-state index contributed by atoms with van der Waals surface area (Å²) in [6.45, 7) is 4.12. The summed E-state index contributed by atoms with van der Waals surface area (Å²) in [7, 11) is 0. The Morgan fingerprint density at radius 1 is 1.07 bits per heavy atom. The lowest BCUT2D eigenvalue weighted by Crippen LogP contribution is -1.95. The molecule has 0 aromatic carbocycles. The monoisotopic (exact) mass is 196 g/mol. The second kappa shape index (κ2) is 10.5. The molecule has 0 aliphatic rings. The van der Waals surface area contributed by atoms with Crippen molar-refractivity contribution >= 4 is 5.78 Å². The van der Waals surface area contributed by atoms with E-state index in [1.807, 2.05) is 0 Å². The fourth-order valence-electron chi connectivity index (χ4n) is 1.51. The largest absolute Gasteiger partial charge is 0.300 e. The minimum atomic E-state index is 0.445. The minimum Gasteiger partial charge on any atom is -0.300 e. The van der Waals surface area contributed by atoms with E-state index in [2.05, 4.69) is 26.0 Å². The molecule has 0 radical (unpaired) electrons. The maximum Gasteiger partial charge on any atom is 0.132 e. The molecule has 0 unspecified atom stereocenters. The van der Waals surface area contributed by atoms with Crippen LogP contribution in [-0.2, 0) is 4.79 Å². The lowest BCUT2D eigenvalue weighted by Gasteiger charge is -1.99. The smallest absolute Gasteiger partial charge is 0.132 e. The van der Waals surface area contributed by atoms with Gasteiger partial charge in [0.2, 0.25) is 0 Å². The Kier molecular flexibility index (Phi) is 10.0. The minimum absolute atomic E-state index is 0.445. The van der Waals surface area contributed by atoms with Gasteiger partial charge in [-0.1, -0.05) is 31.9 Å². The van der Waals surface area contributed by atoms with Crippen molar-refractivity contribution in [1.29, 1.82) is 0 Å². The summed E-state index contributed by atoms with van der Waals surface area (Å²) in [5, 5.41) is 0. The zero-order chi connectivity index (χ0) is 10.6. The Bertz CT molecular complexity index is 159. The Hall–Kier alpha value is -0.590. The fraction of sp³-hybridized carbons (Fsp3) is 0.769. The van der Waals surface area contributed by atoms with E-state index in [4.69, 9.17) is 0 Å². The predicted molar refractivity (Wildman–Crippen MR) is 62.4 cm³/mol. The molecule has 0 saturated heterocycles. The van der Waals surface area contributed by atoms with Crippen LogP contribution in [0.15, 0.2) is 12.2 Å². The molecule has 0 aromatic rings. The third-order valence-electron chi connectivity index (χ3n) is 2.34. The first kappa shape index (κ1) is 13.4. The van der Waals surface area contributed by atoms with Crippen molar-refractivity contribution in [3.05, 3.63) is 12.2 Å². The Morgan fingerprint density at radius 3 is 2.43 bits per heavy atom. The SMILES string of the molecule is CC=CCCCCCCC(=O)CCC. The number of rotatable bonds is 9. The maximum absolute atomic E-state index is 11.2. The van der Waals surface area contributed by atoms with Crippen molar-refractivity contribution in [2.75, 3.05) is 0 Å². The highest BCUT2D eigenvalue weighted by atomic mass is 16.1. The van der Waals surface area contributed by atoms with Gasteiger partial charge in [0.05, 0.1) is 0 Å². The van der Waals surface area contributed by atoms with E-state index in [9.17, 15) is 4.79 Å². The van der Waals surface area contributed by atoms with Gasteiger partial charge in [0, 0.05) is 12.8 Å². The summed E-state index contributed by atoms with van der Waals surface area (Å²) in [5.74, 6) is 0.445. The summed E-state index contributed by atoms with van der Waals surface area (Å²) < 4.78 is 0. The molecule has 1 nitrogen and oxygen atoms in total. The van der Waals surface area contributed by atoms with Crippen LogP contribution in [0.5, 0.6) is 0 Å². The summed E-state index contributed by atoms with van der Waals surface area (Å²) in [6, 6.07) is 0. The molecule has 82 valence electrons. The zero-order valence-corrected chi connectivity index (χ0v) is 9.72. The van der Waals surface area contributed by atoms with E-state index in [-0.39, 0.29) is 0 Å². The third kappa shape index (κ3) is 9.50. The van der Waals surface area contributed by atoms with Crippen LogP contribution in [0.4, 0.5) is 0 Å². The number of ketones is 1. The topological polar surface area (TPSA) is 17.1 Å². The quantitative estimate of drug-likeness (QED) is 0.397.